The average Bonchev–Trinajstić information content (AvgIpc) is 2.64. The first-order valence-electron chi connectivity index (χ1n) is 8.28. The second kappa shape index (κ2) is 7.92. The number of halogens is 1. The zero-order valence-corrected chi connectivity index (χ0v) is 14.4. The van der Waals surface area contributed by atoms with Crippen molar-refractivity contribution < 1.29 is 14.0 Å². The summed E-state index contributed by atoms with van der Waals surface area (Å²) in [6.07, 6.45) is 3.08. The van der Waals surface area contributed by atoms with Crippen LogP contribution in [0.4, 0.5) is 20.6 Å². The van der Waals surface area contributed by atoms with Gasteiger partial charge in [0, 0.05) is 44.3 Å². The number of amides is 3. The lowest BCUT2D eigenvalue weighted by Crippen LogP contribution is -2.48. The highest BCUT2D eigenvalue weighted by Gasteiger charge is 2.21. The third-order valence-electron chi connectivity index (χ3n) is 4.20. The fourth-order valence-corrected chi connectivity index (χ4v) is 2.65. The van der Waals surface area contributed by atoms with E-state index < -0.39 is 11.7 Å². The summed E-state index contributed by atoms with van der Waals surface area (Å²) in [6.45, 7) is 2.77. The molecule has 0 bridgehead atoms. The molecule has 0 saturated carbocycles. The van der Waals surface area contributed by atoms with E-state index in [9.17, 15) is 14.0 Å². The second-order valence-electron chi connectivity index (χ2n) is 6.10. The van der Waals surface area contributed by atoms with E-state index in [-0.39, 0.29) is 17.3 Å². The van der Waals surface area contributed by atoms with E-state index in [4.69, 9.17) is 0 Å². The molecule has 3 amide bonds. The predicted octanol–water partition coefficient (Wildman–Crippen LogP) is 2.25. The summed E-state index contributed by atoms with van der Waals surface area (Å²) in [7, 11) is 2.00. The van der Waals surface area contributed by atoms with Gasteiger partial charge in [-0.25, -0.2) is 9.18 Å². The quantitative estimate of drug-likeness (QED) is 0.883. The number of likely N-dealkylation sites (N-methyl/N-ethyl adjacent to an activating group) is 1. The van der Waals surface area contributed by atoms with Gasteiger partial charge in [-0.2, -0.15) is 0 Å². The van der Waals surface area contributed by atoms with Gasteiger partial charge in [0.2, 0.25) is 0 Å². The molecule has 0 unspecified atom stereocenters. The number of carbonyl (C=O) groups excluding carboxylic acids is 2. The monoisotopic (exact) mass is 357 g/mol. The third-order valence-corrected chi connectivity index (χ3v) is 4.20. The van der Waals surface area contributed by atoms with Crippen LogP contribution in [0, 0.1) is 5.82 Å². The smallest absolute Gasteiger partial charge is 0.321 e. The Labute approximate surface area is 150 Å². The van der Waals surface area contributed by atoms with Crippen LogP contribution in [0.15, 0.2) is 42.7 Å². The van der Waals surface area contributed by atoms with Gasteiger partial charge in [0.05, 0.1) is 11.3 Å². The first-order chi connectivity index (χ1) is 12.5. The lowest BCUT2D eigenvalue weighted by molar-refractivity contribution is 0.102. The molecule has 2 N–H and O–H groups in total. The molecule has 2 aromatic rings. The van der Waals surface area contributed by atoms with E-state index in [1.165, 1.54) is 24.5 Å². The Bertz CT molecular complexity index is 791. The summed E-state index contributed by atoms with van der Waals surface area (Å²) in [4.78, 5) is 32.7. The molecule has 0 aliphatic carbocycles. The molecule has 1 aromatic carbocycles. The third kappa shape index (κ3) is 4.34. The maximum absolute atomic E-state index is 13.7. The van der Waals surface area contributed by atoms with Gasteiger partial charge < -0.3 is 20.4 Å². The Morgan fingerprint density at radius 2 is 1.73 bits per heavy atom. The fraction of sp³-hybridized carbons (Fsp3) is 0.278. The van der Waals surface area contributed by atoms with Gasteiger partial charge in [0.15, 0.2) is 0 Å². The van der Waals surface area contributed by atoms with E-state index in [0.29, 0.717) is 18.8 Å². The summed E-state index contributed by atoms with van der Waals surface area (Å²) in [5, 5.41) is 5.38. The Hall–Kier alpha value is -3.00. The van der Waals surface area contributed by atoms with Gasteiger partial charge in [0.25, 0.3) is 5.91 Å². The molecular formula is C18H20FN5O2. The van der Waals surface area contributed by atoms with E-state index in [1.807, 2.05) is 7.05 Å². The Kier molecular flexibility index (Phi) is 5.43. The van der Waals surface area contributed by atoms with Crippen molar-refractivity contribution in [1.82, 2.24) is 14.8 Å². The SMILES string of the molecule is CN1CCN(C(=O)Nc2ccc(F)cc2C(=O)Nc2ccncc2)CC1. The van der Waals surface area contributed by atoms with Crippen LogP contribution in [0.1, 0.15) is 10.4 Å². The summed E-state index contributed by atoms with van der Waals surface area (Å²) < 4.78 is 13.7. The van der Waals surface area contributed by atoms with Gasteiger partial charge in [0.1, 0.15) is 5.82 Å². The lowest BCUT2D eigenvalue weighted by Gasteiger charge is -2.32. The number of piperazine rings is 1. The van der Waals surface area contributed by atoms with Crippen LogP contribution in [0.2, 0.25) is 0 Å². The van der Waals surface area contributed by atoms with Crippen LogP contribution in [0.25, 0.3) is 0 Å². The minimum Gasteiger partial charge on any atom is -0.322 e. The molecular weight excluding hydrogens is 337 g/mol. The Morgan fingerprint density at radius 1 is 1.04 bits per heavy atom. The molecule has 0 radical (unpaired) electrons. The minimum atomic E-state index is -0.553. The van der Waals surface area contributed by atoms with Gasteiger partial charge in [-0.3, -0.25) is 9.78 Å². The average molecular weight is 357 g/mol. The molecule has 1 aliphatic rings. The molecule has 7 nitrogen and oxygen atoms in total. The van der Waals surface area contributed by atoms with Crippen LogP contribution in [-0.4, -0.2) is 59.9 Å². The zero-order valence-electron chi connectivity index (χ0n) is 14.4. The first kappa shape index (κ1) is 17.8. The highest BCUT2D eigenvalue weighted by molar-refractivity contribution is 6.09. The standard InChI is InChI=1S/C18H20FN5O2/c1-23-8-10-24(11-9-23)18(26)22-16-3-2-13(19)12-15(16)17(25)21-14-4-6-20-7-5-14/h2-7,12H,8-11H2,1H3,(H,22,26)(H,20,21,25). The number of nitrogens with zero attached hydrogens (tertiary/aromatic N) is 3. The number of benzene rings is 1. The molecule has 0 atom stereocenters. The van der Waals surface area contributed by atoms with Crippen LogP contribution in [-0.2, 0) is 0 Å². The van der Waals surface area contributed by atoms with Crippen molar-refractivity contribution in [2.24, 2.45) is 0 Å². The first-order valence-corrected chi connectivity index (χ1v) is 8.28. The van der Waals surface area contributed by atoms with Gasteiger partial charge in [-0.05, 0) is 37.4 Å². The number of nitrogens with one attached hydrogen (secondary N) is 2. The molecule has 1 saturated heterocycles. The number of carbonyl (C=O) groups is 2. The van der Waals surface area contributed by atoms with Gasteiger partial charge in [-0.15, -0.1) is 0 Å². The molecule has 1 aromatic heterocycles. The minimum absolute atomic E-state index is 0.0595. The van der Waals surface area contributed by atoms with Crippen molar-refractivity contribution in [2.45, 2.75) is 0 Å². The van der Waals surface area contributed by atoms with E-state index >= 15 is 0 Å². The molecule has 0 spiro atoms. The molecule has 8 heteroatoms. The van der Waals surface area contributed by atoms with Crippen LogP contribution < -0.4 is 10.6 Å². The second-order valence-corrected chi connectivity index (χ2v) is 6.10. The number of urea groups is 1. The van der Waals surface area contributed by atoms with E-state index in [0.717, 1.165) is 19.2 Å². The number of hydrogen-bond acceptors (Lipinski definition) is 4. The van der Waals surface area contributed by atoms with E-state index in [1.54, 1.807) is 17.0 Å². The number of hydrogen-bond donors (Lipinski definition) is 2. The van der Waals surface area contributed by atoms with Crippen LogP contribution in [0.5, 0.6) is 0 Å². The lowest BCUT2D eigenvalue weighted by atomic mass is 10.1. The number of pyridine rings is 1. The summed E-state index contributed by atoms with van der Waals surface area (Å²) in [5.74, 6) is -1.06. The number of aromatic nitrogens is 1. The molecule has 2 heterocycles. The van der Waals surface area contributed by atoms with Crippen molar-refractivity contribution in [2.75, 3.05) is 43.9 Å². The summed E-state index contributed by atoms with van der Waals surface area (Å²) in [5.41, 5.74) is 0.858. The van der Waals surface area contributed by atoms with Crippen molar-refractivity contribution >= 4 is 23.3 Å². The van der Waals surface area contributed by atoms with Gasteiger partial charge >= 0.3 is 6.03 Å². The maximum Gasteiger partial charge on any atom is 0.321 e. The largest absolute Gasteiger partial charge is 0.322 e. The van der Waals surface area contributed by atoms with Crippen molar-refractivity contribution in [3.05, 3.63) is 54.1 Å². The highest BCUT2D eigenvalue weighted by Crippen LogP contribution is 2.20. The normalized spacial score (nSPS) is 14.8. The molecule has 1 fully saturated rings. The fourth-order valence-electron chi connectivity index (χ4n) is 2.65. The molecule has 3 rings (SSSR count). The number of rotatable bonds is 3. The maximum atomic E-state index is 13.7. The molecule has 136 valence electrons. The Balaban J connectivity index is 1.75. The summed E-state index contributed by atoms with van der Waals surface area (Å²) >= 11 is 0. The zero-order chi connectivity index (χ0) is 18.5. The van der Waals surface area contributed by atoms with E-state index in [2.05, 4.69) is 20.5 Å². The topological polar surface area (TPSA) is 77.6 Å². The number of anilines is 2. The van der Waals surface area contributed by atoms with Gasteiger partial charge in [-0.1, -0.05) is 0 Å². The van der Waals surface area contributed by atoms with Crippen molar-refractivity contribution in [1.29, 1.82) is 0 Å². The molecule has 1 aliphatic heterocycles. The highest BCUT2D eigenvalue weighted by atomic mass is 19.1. The molecule has 26 heavy (non-hydrogen) atoms. The summed E-state index contributed by atoms with van der Waals surface area (Å²) in [6, 6.07) is 6.66. The Morgan fingerprint density at radius 3 is 2.42 bits per heavy atom. The van der Waals surface area contributed by atoms with Crippen molar-refractivity contribution in [3.8, 4) is 0 Å². The predicted molar refractivity (Wildman–Crippen MR) is 96.7 cm³/mol. The van der Waals surface area contributed by atoms with Crippen molar-refractivity contribution in [3.63, 3.8) is 0 Å². The van der Waals surface area contributed by atoms with Crippen LogP contribution in [0.3, 0.4) is 0 Å². The van der Waals surface area contributed by atoms with Crippen LogP contribution >= 0.6 is 0 Å².